The topological polar surface area (TPSA) is 98.3 Å². The number of carbonyl (C=O) groups is 1. The van der Waals surface area contributed by atoms with Crippen LogP contribution in [0.5, 0.6) is 11.6 Å². The molecule has 2 aromatic carbocycles. The van der Waals surface area contributed by atoms with Crippen LogP contribution in [0.4, 0.5) is 5.82 Å². The van der Waals surface area contributed by atoms with E-state index in [0.29, 0.717) is 22.8 Å². The van der Waals surface area contributed by atoms with E-state index in [0.717, 1.165) is 5.39 Å². The van der Waals surface area contributed by atoms with Gasteiger partial charge in [-0.25, -0.2) is 14.8 Å². The van der Waals surface area contributed by atoms with Gasteiger partial charge in [-0.05, 0) is 35.0 Å². The van der Waals surface area contributed by atoms with E-state index in [1.807, 2.05) is 6.07 Å². The van der Waals surface area contributed by atoms with E-state index >= 15 is 0 Å². The molecule has 0 atom stereocenters. The minimum absolute atomic E-state index is 0.255. The fraction of sp³-hybridized carbons (Fsp3) is 0. The van der Waals surface area contributed by atoms with Gasteiger partial charge in [0.1, 0.15) is 17.9 Å². The van der Waals surface area contributed by atoms with Gasteiger partial charge in [0.25, 0.3) is 0 Å². The van der Waals surface area contributed by atoms with E-state index < -0.39 is 5.97 Å². The largest absolute Gasteiger partial charge is 0.478 e. The van der Waals surface area contributed by atoms with E-state index in [-0.39, 0.29) is 5.56 Å². The van der Waals surface area contributed by atoms with Crippen LogP contribution in [0.2, 0.25) is 0 Å². The lowest BCUT2D eigenvalue weighted by atomic mass is 10.0. The molecule has 0 bridgehead atoms. The van der Waals surface area contributed by atoms with Crippen molar-refractivity contribution in [3.05, 3.63) is 54.4 Å². The number of ether oxygens (including phenoxy) is 1. The summed E-state index contributed by atoms with van der Waals surface area (Å²) in [7, 11) is 0. The summed E-state index contributed by atoms with van der Waals surface area (Å²) in [5, 5.41) is 10.6. The summed E-state index contributed by atoms with van der Waals surface area (Å²) in [6, 6.07) is 11.7. The highest BCUT2D eigenvalue weighted by Crippen LogP contribution is 2.27. The van der Waals surface area contributed by atoms with Crippen molar-refractivity contribution >= 4 is 22.6 Å². The van der Waals surface area contributed by atoms with Crippen molar-refractivity contribution in [2.24, 2.45) is 0 Å². The minimum Gasteiger partial charge on any atom is -0.478 e. The van der Waals surface area contributed by atoms with Gasteiger partial charge in [0.05, 0.1) is 5.56 Å². The number of rotatable bonds is 3. The average molecular weight is 281 g/mol. The molecule has 0 saturated heterocycles. The molecule has 0 fully saturated rings. The Kier molecular flexibility index (Phi) is 3.12. The molecule has 104 valence electrons. The molecule has 6 nitrogen and oxygen atoms in total. The molecule has 0 unspecified atom stereocenters. The summed E-state index contributed by atoms with van der Waals surface area (Å²) >= 11 is 0. The molecule has 3 aromatic rings. The normalized spacial score (nSPS) is 10.5. The zero-order valence-electron chi connectivity index (χ0n) is 10.9. The third kappa shape index (κ3) is 2.59. The van der Waals surface area contributed by atoms with Crippen molar-refractivity contribution in [3.8, 4) is 11.6 Å². The molecular formula is C15H11N3O3. The van der Waals surface area contributed by atoms with Crippen LogP contribution < -0.4 is 10.5 Å². The SMILES string of the molecule is Nc1cc(Oc2ccc3c(C(=O)O)cccc3c2)ncn1. The van der Waals surface area contributed by atoms with Gasteiger partial charge in [-0.3, -0.25) is 0 Å². The molecule has 1 aromatic heterocycles. The lowest BCUT2D eigenvalue weighted by molar-refractivity contribution is 0.0699. The minimum atomic E-state index is -0.960. The van der Waals surface area contributed by atoms with Gasteiger partial charge in [0.2, 0.25) is 5.88 Å². The Morgan fingerprint density at radius 3 is 2.76 bits per heavy atom. The Hall–Kier alpha value is -3.15. The molecule has 0 aliphatic rings. The molecule has 1 heterocycles. The summed E-state index contributed by atoms with van der Waals surface area (Å²) in [4.78, 5) is 18.9. The summed E-state index contributed by atoms with van der Waals surface area (Å²) < 4.78 is 5.59. The number of aromatic nitrogens is 2. The van der Waals surface area contributed by atoms with Crippen molar-refractivity contribution in [1.29, 1.82) is 0 Å². The van der Waals surface area contributed by atoms with Gasteiger partial charge in [-0.2, -0.15) is 0 Å². The quantitative estimate of drug-likeness (QED) is 0.765. The maximum absolute atomic E-state index is 11.2. The first-order valence-corrected chi connectivity index (χ1v) is 6.15. The predicted molar refractivity (Wildman–Crippen MR) is 77.4 cm³/mol. The lowest BCUT2D eigenvalue weighted by Gasteiger charge is -2.07. The fourth-order valence-electron chi connectivity index (χ4n) is 2.04. The van der Waals surface area contributed by atoms with Gasteiger partial charge in [-0.1, -0.05) is 12.1 Å². The Balaban J connectivity index is 2.00. The van der Waals surface area contributed by atoms with E-state index in [2.05, 4.69) is 9.97 Å². The van der Waals surface area contributed by atoms with Crippen LogP contribution in [0.3, 0.4) is 0 Å². The Bertz CT molecular complexity index is 833. The van der Waals surface area contributed by atoms with E-state index in [1.165, 1.54) is 12.4 Å². The van der Waals surface area contributed by atoms with Crippen LogP contribution in [0, 0.1) is 0 Å². The van der Waals surface area contributed by atoms with E-state index in [4.69, 9.17) is 15.6 Å². The highest BCUT2D eigenvalue weighted by atomic mass is 16.5. The third-order valence-electron chi connectivity index (χ3n) is 2.97. The van der Waals surface area contributed by atoms with Gasteiger partial charge < -0.3 is 15.6 Å². The number of aromatic carboxylic acids is 1. The fourth-order valence-corrected chi connectivity index (χ4v) is 2.04. The van der Waals surface area contributed by atoms with Crippen LogP contribution in [-0.4, -0.2) is 21.0 Å². The van der Waals surface area contributed by atoms with Crippen molar-refractivity contribution in [3.63, 3.8) is 0 Å². The number of anilines is 1. The van der Waals surface area contributed by atoms with Crippen LogP contribution in [0.1, 0.15) is 10.4 Å². The zero-order valence-corrected chi connectivity index (χ0v) is 10.9. The zero-order chi connectivity index (χ0) is 14.8. The van der Waals surface area contributed by atoms with Crippen molar-refractivity contribution in [2.75, 3.05) is 5.73 Å². The molecule has 3 N–H and O–H groups in total. The summed E-state index contributed by atoms with van der Waals surface area (Å²) in [6.07, 6.45) is 1.31. The van der Waals surface area contributed by atoms with Gasteiger partial charge in [-0.15, -0.1) is 0 Å². The number of benzene rings is 2. The molecular weight excluding hydrogens is 270 g/mol. The van der Waals surface area contributed by atoms with Crippen LogP contribution in [-0.2, 0) is 0 Å². The number of nitrogens with two attached hydrogens (primary N) is 1. The van der Waals surface area contributed by atoms with E-state index in [1.54, 1.807) is 30.3 Å². The average Bonchev–Trinajstić information content (AvgIpc) is 2.46. The molecule has 0 aliphatic carbocycles. The van der Waals surface area contributed by atoms with Gasteiger partial charge in [0.15, 0.2) is 0 Å². The first-order chi connectivity index (χ1) is 10.1. The molecule has 6 heteroatoms. The second-order valence-electron chi connectivity index (χ2n) is 4.38. The third-order valence-corrected chi connectivity index (χ3v) is 2.97. The highest BCUT2D eigenvalue weighted by Gasteiger charge is 2.09. The molecule has 3 rings (SSSR count). The molecule has 0 spiro atoms. The second-order valence-corrected chi connectivity index (χ2v) is 4.38. The van der Waals surface area contributed by atoms with Crippen LogP contribution >= 0.6 is 0 Å². The highest BCUT2D eigenvalue weighted by molar-refractivity contribution is 6.03. The van der Waals surface area contributed by atoms with Gasteiger partial charge in [0, 0.05) is 6.07 Å². The molecule has 0 saturated carbocycles. The molecule has 21 heavy (non-hydrogen) atoms. The number of fused-ring (bicyclic) bond motifs is 1. The predicted octanol–water partition coefficient (Wildman–Crippen LogP) is 2.70. The first kappa shape index (κ1) is 12.9. The van der Waals surface area contributed by atoms with Crippen molar-refractivity contribution < 1.29 is 14.6 Å². The number of nitrogen functional groups attached to an aromatic ring is 1. The molecule has 0 radical (unpaired) electrons. The number of carboxylic acid groups (broad SMARTS) is 1. The van der Waals surface area contributed by atoms with Crippen molar-refractivity contribution in [1.82, 2.24) is 9.97 Å². The standard InChI is InChI=1S/C15H11N3O3/c16-13-7-14(18-8-17-13)21-10-4-5-11-9(6-10)2-1-3-12(11)15(19)20/h1-8H,(H,19,20)(H2,16,17,18). The van der Waals surface area contributed by atoms with Crippen LogP contribution in [0.15, 0.2) is 48.8 Å². The second kappa shape index (κ2) is 5.09. The lowest BCUT2D eigenvalue weighted by Crippen LogP contribution is -1.97. The first-order valence-electron chi connectivity index (χ1n) is 6.15. The maximum atomic E-state index is 11.2. The smallest absolute Gasteiger partial charge is 0.336 e. The van der Waals surface area contributed by atoms with Crippen LogP contribution in [0.25, 0.3) is 10.8 Å². The Morgan fingerprint density at radius 2 is 2.00 bits per heavy atom. The Labute approximate surface area is 119 Å². The maximum Gasteiger partial charge on any atom is 0.336 e. The van der Waals surface area contributed by atoms with Gasteiger partial charge >= 0.3 is 5.97 Å². The van der Waals surface area contributed by atoms with E-state index in [9.17, 15) is 4.79 Å². The number of hydrogen-bond donors (Lipinski definition) is 2. The summed E-state index contributed by atoms with van der Waals surface area (Å²) in [5.74, 6) is 0.228. The Morgan fingerprint density at radius 1 is 1.14 bits per heavy atom. The molecule has 0 aliphatic heterocycles. The van der Waals surface area contributed by atoms with Crippen molar-refractivity contribution in [2.45, 2.75) is 0 Å². The number of nitrogens with zero attached hydrogens (tertiary/aromatic N) is 2. The number of carboxylic acids is 1. The number of hydrogen-bond acceptors (Lipinski definition) is 5. The monoisotopic (exact) mass is 281 g/mol. The summed E-state index contributed by atoms with van der Waals surface area (Å²) in [5.41, 5.74) is 5.81. The summed E-state index contributed by atoms with van der Waals surface area (Å²) in [6.45, 7) is 0. The molecule has 0 amide bonds.